The van der Waals surface area contributed by atoms with Crippen LogP contribution in [0, 0.1) is 17.0 Å². The Balaban J connectivity index is 2.77. The molecule has 0 aliphatic carbocycles. The number of aromatic nitrogens is 2. The quantitative estimate of drug-likeness (QED) is 0.332. The van der Waals surface area contributed by atoms with Gasteiger partial charge in [0, 0.05) is 6.92 Å². The molecule has 0 spiro atoms. The molecule has 0 aromatic carbocycles. The number of hydrogen-bond donors (Lipinski definition) is 1. The van der Waals surface area contributed by atoms with E-state index in [1.807, 2.05) is 0 Å². The van der Waals surface area contributed by atoms with E-state index in [0.29, 0.717) is 12.4 Å². The molecule has 0 aliphatic rings. The van der Waals surface area contributed by atoms with E-state index in [4.69, 9.17) is 4.74 Å². The van der Waals surface area contributed by atoms with E-state index in [1.165, 1.54) is 10.8 Å². The Labute approximate surface area is 85.8 Å². The molecule has 0 bridgehead atoms. The Morgan fingerprint density at radius 2 is 2.40 bits per heavy atom. The van der Waals surface area contributed by atoms with Crippen LogP contribution in [0.5, 0.6) is 0 Å². The van der Waals surface area contributed by atoms with Crippen LogP contribution in [0.4, 0.5) is 5.82 Å². The van der Waals surface area contributed by atoms with Crippen molar-refractivity contribution in [3.63, 3.8) is 0 Å². The van der Waals surface area contributed by atoms with Crippen LogP contribution in [-0.4, -0.2) is 22.5 Å². The van der Waals surface area contributed by atoms with Gasteiger partial charge in [0.1, 0.15) is 0 Å². The molecule has 0 radical (unpaired) electrons. The maximum Gasteiger partial charge on any atom is 0.363 e. The maximum atomic E-state index is 11.1. The molecule has 0 saturated heterocycles. The van der Waals surface area contributed by atoms with E-state index in [1.54, 1.807) is 13.8 Å². The summed E-state index contributed by atoms with van der Waals surface area (Å²) in [6.07, 6.45) is 1.27. The molecule has 7 nitrogen and oxygen atoms in total. The zero-order valence-electron chi connectivity index (χ0n) is 8.52. The summed E-state index contributed by atoms with van der Waals surface area (Å²) in [7, 11) is 0. The van der Waals surface area contributed by atoms with E-state index >= 15 is 0 Å². The number of carbonyl (C=O) groups excluding carboxylic acids is 1. The van der Waals surface area contributed by atoms with Crippen molar-refractivity contribution in [2.45, 2.75) is 20.4 Å². The average molecular weight is 214 g/mol. The number of nitrogens with zero attached hydrogens (tertiary/aromatic N) is 2. The second-order valence-corrected chi connectivity index (χ2v) is 2.91. The van der Waals surface area contributed by atoms with Crippen molar-refractivity contribution in [3.05, 3.63) is 22.1 Å². The minimum atomic E-state index is -0.547. The number of aryl methyl sites for hydroxylation is 1. The molecule has 15 heavy (non-hydrogen) atoms. The predicted octanol–water partition coefficient (Wildman–Crippen LogP) is 0.0819. The van der Waals surface area contributed by atoms with Gasteiger partial charge >= 0.3 is 11.8 Å². The van der Waals surface area contributed by atoms with Crippen molar-refractivity contribution in [3.8, 4) is 0 Å². The number of imidazole rings is 1. The summed E-state index contributed by atoms with van der Waals surface area (Å²) in [4.78, 5) is 23.5. The predicted molar refractivity (Wildman–Crippen MR) is 49.0 cm³/mol. The molecule has 0 aliphatic heterocycles. The van der Waals surface area contributed by atoms with Gasteiger partial charge in [-0.05, 0) is 11.8 Å². The summed E-state index contributed by atoms with van der Waals surface area (Å²) in [5.41, 5.74) is 0. The Morgan fingerprint density at radius 3 is 2.87 bits per heavy atom. The van der Waals surface area contributed by atoms with E-state index in [-0.39, 0.29) is 12.4 Å². The van der Waals surface area contributed by atoms with Crippen molar-refractivity contribution in [2.75, 3.05) is 6.61 Å². The molecule has 0 amide bonds. The largest absolute Gasteiger partial charge is 0.463 e. The van der Waals surface area contributed by atoms with Gasteiger partial charge in [0.05, 0.1) is 6.61 Å². The summed E-state index contributed by atoms with van der Waals surface area (Å²) < 4.78 is 6.17. The lowest BCUT2D eigenvalue weighted by Crippen LogP contribution is -2.39. The third-order valence-electron chi connectivity index (χ3n) is 1.82. The standard InChI is InChI=1S/C8H11N3O4/c1-3-15-8(12)5-10-4-7(11(13)14)9-6(10)2/h4H,3,5H2,1-2H3/p+1. The van der Waals surface area contributed by atoms with Crippen molar-refractivity contribution >= 4 is 11.8 Å². The zero-order chi connectivity index (χ0) is 11.4. The monoisotopic (exact) mass is 214 g/mol. The normalized spacial score (nSPS) is 10.0. The first-order valence-corrected chi connectivity index (χ1v) is 4.43. The molecular formula is C8H12N3O4+. The van der Waals surface area contributed by atoms with Gasteiger partial charge in [-0.3, -0.25) is 0 Å². The van der Waals surface area contributed by atoms with E-state index < -0.39 is 10.9 Å². The molecule has 1 N–H and O–H groups in total. The summed E-state index contributed by atoms with van der Waals surface area (Å²) in [6, 6.07) is 0. The van der Waals surface area contributed by atoms with Crippen LogP contribution in [0.3, 0.4) is 0 Å². The zero-order valence-corrected chi connectivity index (χ0v) is 8.52. The number of ether oxygens (including phenoxy) is 1. The lowest BCUT2D eigenvalue weighted by atomic mass is 10.6. The van der Waals surface area contributed by atoms with Crippen LogP contribution in [0.2, 0.25) is 0 Å². The average Bonchev–Trinajstić information content (AvgIpc) is 2.48. The molecule has 1 aromatic heterocycles. The van der Waals surface area contributed by atoms with E-state index in [0.717, 1.165) is 0 Å². The van der Waals surface area contributed by atoms with Crippen molar-refractivity contribution in [1.82, 2.24) is 4.98 Å². The lowest BCUT2D eigenvalue weighted by molar-refractivity contribution is -0.691. The number of rotatable bonds is 4. The first kappa shape index (κ1) is 11.2. The van der Waals surface area contributed by atoms with Gasteiger partial charge in [-0.2, -0.15) is 0 Å². The number of nitrogens with one attached hydrogen (secondary N) is 1. The number of nitro groups is 1. The number of hydrogen-bond acceptors (Lipinski definition) is 4. The Hall–Kier alpha value is -1.92. The molecule has 7 heteroatoms. The van der Waals surface area contributed by atoms with Crippen molar-refractivity contribution in [1.29, 1.82) is 0 Å². The van der Waals surface area contributed by atoms with Crippen LogP contribution >= 0.6 is 0 Å². The summed E-state index contributed by atoms with van der Waals surface area (Å²) >= 11 is 0. The second kappa shape index (κ2) is 4.54. The molecule has 0 atom stereocenters. The second-order valence-electron chi connectivity index (χ2n) is 2.91. The fourth-order valence-corrected chi connectivity index (χ4v) is 1.14. The van der Waals surface area contributed by atoms with Gasteiger partial charge in [-0.1, -0.05) is 0 Å². The maximum absolute atomic E-state index is 11.1. The highest BCUT2D eigenvalue weighted by Crippen LogP contribution is 2.03. The molecule has 1 rings (SSSR count). The first-order valence-electron chi connectivity index (χ1n) is 4.43. The van der Waals surface area contributed by atoms with Gasteiger partial charge < -0.3 is 14.9 Å². The van der Waals surface area contributed by atoms with Crippen LogP contribution in [0.25, 0.3) is 0 Å². The highest BCUT2D eigenvalue weighted by Gasteiger charge is 2.18. The minimum Gasteiger partial charge on any atom is -0.463 e. The highest BCUT2D eigenvalue weighted by atomic mass is 16.6. The van der Waals surface area contributed by atoms with E-state index in [2.05, 4.69) is 4.98 Å². The molecule has 0 fully saturated rings. The fourth-order valence-electron chi connectivity index (χ4n) is 1.14. The van der Waals surface area contributed by atoms with Gasteiger partial charge in [0.2, 0.25) is 0 Å². The Morgan fingerprint density at radius 1 is 1.73 bits per heavy atom. The van der Waals surface area contributed by atoms with Crippen LogP contribution < -0.4 is 4.57 Å². The van der Waals surface area contributed by atoms with Crippen LogP contribution in [0.15, 0.2) is 6.20 Å². The topological polar surface area (TPSA) is 89.1 Å². The molecular weight excluding hydrogens is 202 g/mol. The summed E-state index contributed by atoms with van der Waals surface area (Å²) in [5.74, 6) is -0.0222. The smallest absolute Gasteiger partial charge is 0.363 e. The lowest BCUT2D eigenvalue weighted by Gasteiger charge is -1.98. The van der Waals surface area contributed by atoms with Crippen LogP contribution in [0.1, 0.15) is 12.7 Å². The summed E-state index contributed by atoms with van der Waals surface area (Å²) in [5, 5.41) is 10.4. The Bertz CT molecular complexity index is 385. The third kappa shape index (κ3) is 2.76. The fraction of sp³-hybridized carbons (Fsp3) is 0.500. The molecule has 82 valence electrons. The van der Waals surface area contributed by atoms with Crippen molar-refractivity contribution in [2.24, 2.45) is 0 Å². The molecule has 1 aromatic rings. The minimum absolute atomic E-state index is 0.0238. The third-order valence-corrected chi connectivity index (χ3v) is 1.82. The number of H-pyrrole nitrogens is 1. The van der Waals surface area contributed by atoms with Gasteiger partial charge in [0.15, 0.2) is 12.7 Å². The molecule has 1 heterocycles. The Kier molecular flexibility index (Phi) is 3.37. The number of aromatic amines is 1. The molecule has 0 unspecified atom stereocenters. The van der Waals surface area contributed by atoms with Gasteiger partial charge in [-0.15, -0.1) is 0 Å². The number of esters is 1. The van der Waals surface area contributed by atoms with Crippen molar-refractivity contribution < 1.29 is 19.0 Å². The van der Waals surface area contributed by atoms with Crippen LogP contribution in [-0.2, 0) is 16.1 Å². The van der Waals surface area contributed by atoms with Gasteiger partial charge in [0.25, 0.3) is 5.82 Å². The van der Waals surface area contributed by atoms with E-state index in [9.17, 15) is 14.9 Å². The number of carbonyl (C=O) groups is 1. The summed E-state index contributed by atoms with van der Waals surface area (Å²) in [6.45, 7) is 3.62. The molecule has 0 saturated carbocycles. The van der Waals surface area contributed by atoms with Gasteiger partial charge in [-0.25, -0.2) is 14.3 Å². The SMILES string of the molecule is CCOC(=O)C[n+]1cc([N+](=O)[O-])[nH]c1C. The highest BCUT2D eigenvalue weighted by molar-refractivity contribution is 5.67. The first-order chi connectivity index (χ1) is 7.04.